The van der Waals surface area contributed by atoms with Crippen LogP contribution in [0.15, 0.2) is 43.2 Å². The van der Waals surface area contributed by atoms with Crippen LogP contribution in [0.1, 0.15) is 23.0 Å². The lowest BCUT2D eigenvalue weighted by molar-refractivity contribution is 0.0999. The summed E-state index contributed by atoms with van der Waals surface area (Å²) in [4.78, 5) is 6.71. The van der Waals surface area contributed by atoms with Gasteiger partial charge in [0.25, 0.3) is 0 Å². The Morgan fingerprint density at radius 3 is 2.91 bits per heavy atom. The molecule has 1 atom stereocenters. The van der Waals surface area contributed by atoms with Gasteiger partial charge in [0.1, 0.15) is 0 Å². The number of hydrogen-bond acceptors (Lipinski definition) is 4. The predicted octanol–water partition coefficient (Wildman–Crippen LogP) is 2.59. The molecule has 0 radical (unpaired) electrons. The summed E-state index contributed by atoms with van der Waals surface area (Å²) < 4.78 is 7.29. The Bertz CT molecular complexity index is 594. The Labute approximate surface area is 132 Å². The first-order valence-electron chi connectivity index (χ1n) is 7.39. The van der Waals surface area contributed by atoms with Crippen LogP contribution in [0.2, 0.25) is 0 Å². The normalized spacial score (nSPS) is 12.5. The van der Waals surface area contributed by atoms with E-state index in [9.17, 15) is 0 Å². The monoisotopic (exact) mass is 300 g/mol. The van der Waals surface area contributed by atoms with Crippen molar-refractivity contribution in [1.29, 1.82) is 0 Å². The van der Waals surface area contributed by atoms with Crippen LogP contribution < -0.4 is 0 Å². The lowest BCUT2D eigenvalue weighted by atomic mass is 10.1. The molecule has 22 heavy (non-hydrogen) atoms. The Hall–Kier alpha value is -1.98. The number of nitrogens with zero attached hydrogens (tertiary/aromatic N) is 4. The molecular formula is C17H24N4O. The fourth-order valence-electron chi connectivity index (χ4n) is 2.49. The van der Waals surface area contributed by atoms with Gasteiger partial charge in [-0.05, 0) is 26.1 Å². The van der Waals surface area contributed by atoms with Crippen LogP contribution >= 0.6 is 0 Å². The highest BCUT2D eigenvalue weighted by Gasteiger charge is 2.19. The molecule has 118 valence electrons. The molecule has 5 nitrogen and oxygen atoms in total. The topological polar surface area (TPSA) is 43.2 Å². The summed E-state index contributed by atoms with van der Waals surface area (Å²) in [6, 6.07) is 6.09. The van der Waals surface area contributed by atoms with Gasteiger partial charge >= 0.3 is 0 Å². The molecule has 2 rings (SSSR count). The maximum absolute atomic E-state index is 5.38. The van der Waals surface area contributed by atoms with Gasteiger partial charge in [-0.15, -0.1) is 6.58 Å². The van der Waals surface area contributed by atoms with E-state index in [1.165, 1.54) is 5.56 Å². The van der Waals surface area contributed by atoms with Crippen molar-refractivity contribution < 1.29 is 4.74 Å². The summed E-state index contributed by atoms with van der Waals surface area (Å²) in [5.74, 6) is 0. The molecule has 0 unspecified atom stereocenters. The molecule has 0 aromatic carbocycles. The number of aryl methyl sites for hydroxylation is 1. The van der Waals surface area contributed by atoms with Gasteiger partial charge in [0.05, 0.1) is 30.6 Å². The van der Waals surface area contributed by atoms with E-state index in [1.54, 1.807) is 7.11 Å². The van der Waals surface area contributed by atoms with Crippen LogP contribution in [-0.4, -0.2) is 40.4 Å². The van der Waals surface area contributed by atoms with Crippen LogP contribution in [0, 0.1) is 6.92 Å². The van der Waals surface area contributed by atoms with Gasteiger partial charge in [-0.2, -0.15) is 5.10 Å². The smallest absolute Gasteiger partial charge is 0.0757 e. The summed E-state index contributed by atoms with van der Waals surface area (Å²) >= 11 is 0. The Morgan fingerprint density at radius 1 is 1.45 bits per heavy atom. The van der Waals surface area contributed by atoms with Gasteiger partial charge in [0.15, 0.2) is 0 Å². The first-order chi connectivity index (χ1) is 10.7. The molecule has 0 aliphatic heterocycles. The molecule has 0 amide bonds. The van der Waals surface area contributed by atoms with Crippen LogP contribution in [0.4, 0.5) is 0 Å². The number of pyridine rings is 1. The minimum absolute atomic E-state index is 0.119. The average Bonchev–Trinajstić information content (AvgIpc) is 2.85. The zero-order chi connectivity index (χ0) is 15.9. The third-order valence-corrected chi connectivity index (χ3v) is 3.67. The zero-order valence-corrected chi connectivity index (χ0v) is 13.6. The van der Waals surface area contributed by atoms with Gasteiger partial charge in [-0.1, -0.05) is 12.1 Å². The third-order valence-electron chi connectivity index (χ3n) is 3.67. The van der Waals surface area contributed by atoms with Crippen LogP contribution in [0.5, 0.6) is 0 Å². The maximum atomic E-state index is 5.38. The van der Waals surface area contributed by atoms with Crippen molar-refractivity contribution in [3.63, 3.8) is 0 Å². The number of ether oxygens (including phenoxy) is 1. The molecule has 2 aromatic heterocycles. The first kappa shape index (κ1) is 16.4. The summed E-state index contributed by atoms with van der Waals surface area (Å²) in [6.45, 7) is 7.92. The van der Waals surface area contributed by atoms with Crippen molar-refractivity contribution in [2.75, 3.05) is 20.8 Å². The standard InChI is InChI=1S/C17H24N4O/c1-5-10-21-12-15(14(2)19-21)11-20(3)17(13-22-4)16-8-6-7-9-18-16/h5-9,12,17H,1,10-11,13H2,2-4H3/t17-/m0/s1. The molecule has 0 saturated heterocycles. The zero-order valence-electron chi connectivity index (χ0n) is 13.6. The van der Waals surface area contributed by atoms with Gasteiger partial charge in [-0.25, -0.2) is 0 Å². The van der Waals surface area contributed by atoms with Crippen molar-refractivity contribution in [2.45, 2.75) is 26.1 Å². The summed E-state index contributed by atoms with van der Waals surface area (Å²) in [7, 11) is 3.81. The fraction of sp³-hybridized carbons (Fsp3) is 0.412. The molecule has 0 fully saturated rings. The largest absolute Gasteiger partial charge is 0.383 e. The molecule has 0 saturated carbocycles. The van der Waals surface area contributed by atoms with Crippen molar-refractivity contribution in [3.05, 3.63) is 60.2 Å². The van der Waals surface area contributed by atoms with Crippen molar-refractivity contribution in [2.24, 2.45) is 0 Å². The number of aromatic nitrogens is 3. The maximum Gasteiger partial charge on any atom is 0.0757 e. The highest BCUT2D eigenvalue weighted by atomic mass is 16.5. The number of methoxy groups -OCH3 is 1. The molecule has 0 spiro atoms. The quantitative estimate of drug-likeness (QED) is 0.703. The van der Waals surface area contributed by atoms with Gasteiger partial charge in [0.2, 0.25) is 0 Å². The van der Waals surface area contributed by atoms with Crippen LogP contribution in [0.3, 0.4) is 0 Å². The lowest BCUT2D eigenvalue weighted by Gasteiger charge is -2.26. The van der Waals surface area contributed by atoms with E-state index in [0.29, 0.717) is 6.61 Å². The highest BCUT2D eigenvalue weighted by Crippen LogP contribution is 2.20. The first-order valence-corrected chi connectivity index (χ1v) is 7.39. The summed E-state index contributed by atoms with van der Waals surface area (Å²) in [5, 5.41) is 4.50. The number of hydrogen-bond donors (Lipinski definition) is 0. The van der Waals surface area contributed by atoms with E-state index in [2.05, 4.69) is 34.8 Å². The van der Waals surface area contributed by atoms with E-state index in [1.807, 2.05) is 42.1 Å². The molecule has 0 aliphatic rings. The summed E-state index contributed by atoms with van der Waals surface area (Å²) in [6.07, 6.45) is 5.75. The van der Waals surface area contributed by atoms with Crippen molar-refractivity contribution in [3.8, 4) is 0 Å². The SMILES string of the molecule is C=CCn1cc(CN(C)[C@@H](COC)c2ccccn2)c(C)n1. The van der Waals surface area contributed by atoms with Gasteiger partial charge in [-0.3, -0.25) is 14.6 Å². The van der Waals surface area contributed by atoms with Crippen molar-refractivity contribution in [1.82, 2.24) is 19.7 Å². The molecule has 2 aromatic rings. The van der Waals surface area contributed by atoms with E-state index in [-0.39, 0.29) is 6.04 Å². The van der Waals surface area contributed by atoms with Gasteiger partial charge < -0.3 is 4.74 Å². The van der Waals surface area contributed by atoms with Crippen LogP contribution in [-0.2, 0) is 17.8 Å². The second kappa shape index (κ2) is 7.87. The number of likely N-dealkylation sites (N-methyl/N-ethyl adjacent to an activating group) is 1. The Kier molecular flexibility index (Phi) is 5.86. The van der Waals surface area contributed by atoms with E-state index in [4.69, 9.17) is 4.74 Å². The third kappa shape index (κ3) is 4.02. The minimum Gasteiger partial charge on any atom is -0.383 e. The van der Waals surface area contributed by atoms with E-state index < -0.39 is 0 Å². The molecule has 5 heteroatoms. The second-order valence-corrected chi connectivity index (χ2v) is 5.39. The molecule has 0 N–H and O–H groups in total. The Morgan fingerprint density at radius 2 is 2.27 bits per heavy atom. The number of allylic oxidation sites excluding steroid dienone is 1. The molecular weight excluding hydrogens is 276 g/mol. The van der Waals surface area contributed by atoms with E-state index >= 15 is 0 Å². The van der Waals surface area contributed by atoms with Gasteiger partial charge in [0, 0.05) is 31.6 Å². The number of rotatable bonds is 8. The summed E-state index contributed by atoms with van der Waals surface area (Å²) in [5.41, 5.74) is 3.27. The fourth-order valence-corrected chi connectivity index (χ4v) is 2.49. The van der Waals surface area contributed by atoms with Crippen LogP contribution in [0.25, 0.3) is 0 Å². The molecule has 0 aliphatic carbocycles. The second-order valence-electron chi connectivity index (χ2n) is 5.39. The molecule has 2 heterocycles. The Balaban J connectivity index is 2.14. The van der Waals surface area contributed by atoms with Crippen molar-refractivity contribution >= 4 is 0 Å². The minimum atomic E-state index is 0.119. The highest BCUT2D eigenvalue weighted by molar-refractivity contribution is 5.17. The van der Waals surface area contributed by atoms with E-state index in [0.717, 1.165) is 24.5 Å². The average molecular weight is 300 g/mol. The predicted molar refractivity (Wildman–Crippen MR) is 87.5 cm³/mol. The lowest BCUT2D eigenvalue weighted by Crippen LogP contribution is -2.28. The molecule has 0 bridgehead atoms.